The van der Waals surface area contributed by atoms with Crippen molar-refractivity contribution in [2.45, 2.75) is 19.4 Å². The fraction of sp³-hybridized carbons (Fsp3) is 0.273. The first-order valence-corrected chi connectivity index (χ1v) is 4.32. The maximum absolute atomic E-state index is 9.01. The van der Waals surface area contributed by atoms with Gasteiger partial charge in [0.15, 0.2) is 0 Å². The third-order valence-electron chi connectivity index (χ3n) is 1.68. The zero-order chi connectivity index (χ0) is 9.68. The van der Waals surface area contributed by atoms with Crippen molar-refractivity contribution in [1.29, 1.82) is 0 Å². The smallest absolute Gasteiger partial charge is 0.115 e. The Balaban J connectivity index is 2.54. The summed E-state index contributed by atoms with van der Waals surface area (Å²) in [5.74, 6) is 0.271. The Morgan fingerprint density at radius 3 is 2.46 bits per heavy atom. The van der Waals surface area contributed by atoms with Crippen molar-refractivity contribution in [1.82, 2.24) is 0 Å². The van der Waals surface area contributed by atoms with Crippen LogP contribution < -0.4 is 0 Å². The molecule has 0 bridgehead atoms. The molecule has 0 aliphatic carbocycles. The van der Waals surface area contributed by atoms with Gasteiger partial charge in [0.1, 0.15) is 5.75 Å². The fourth-order valence-electron chi connectivity index (χ4n) is 0.986. The number of hydrogen-bond donors (Lipinski definition) is 2. The minimum atomic E-state index is -0.298. The Labute approximate surface area is 78.2 Å². The predicted molar refractivity (Wildman–Crippen MR) is 53.4 cm³/mol. The summed E-state index contributed by atoms with van der Waals surface area (Å²) >= 11 is 0. The van der Waals surface area contributed by atoms with E-state index in [0.717, 1.165) is 5.56 Å². The number of benzene rings is 1. The van der Waals surface area contributed by atoms with Crippen LogP contribution in [0.1, 0.15) is 18.9 Å². The monoisotopic (exact) mass is 178 g/mol. The van der Waals surface area contributed by atoms with Gasteiger partial charge in [-0.05, 0) is 31.0 Å². The van der Waals surface area contributed by atoms with E-state index in [1.807, 2.05) is 24.3 Å². The van der Waals surface area contributed by atoms with E-state index in [0.29, 0.717) is 6.42 Å². The topological polar surface area (TPSA) is 40.5 Å². The third-order valence-corrected chi connectivity index (χ3v) is 1.68. The van der Waals surface area contributed by atoms with Gasteiger partial charge in [-0.1, -0.05) is 24.3 Å². The summed E-state index contributed by atoms with van der Waals surface area (Å²) in [6, 6.07) is 6.94. The highest BCUT2D eigenvalue weighted by Crippen LogP contribution is 2.11. The first-order valence-electron chi connectivity index (χ1n) is 4.32. The number of phenols is 1. The van der Waals surface area contributed by atoms with Crippen LogP contribution >= 0.6 is 0 Å². The maximum Gasteiger partial charge on any atom is 0.115 e. The molecule has 70 valence electrons. The van der Waals surface area contributed by atoms with Crippen LogP contribution in [0.25, 0.3) is 6.08 Å². The highest BCUT2D eigenvalue weighted by molar-refractivity contribution is 5.50. The van der Waals surface area contributed by atoms with E-state index in [2.05, 4.69) is 0 Å². The largest absolute Gasteiger partial charge is 0.508 e. The van der Waals surface area contributed by atoms with Crippen LogP contribution in [0.4, 0.5) is 0 Å². The summed E-state index contributed by atoms with van der Waals surface area (Å²) in [5, 5.41) is 18.0. The lowest BCUT2D eigenvalue weighted by atomic mass is 10.2. The van der Waals surface area contributed by atoms with Crippen molar-refractivity contribution in [3.05, 3.63) is 35.9 Å². The lowest BCUT2D eigenvalue weighted by molar-refractivity contribution is 0.199. The van der Waals surface area contributed by atoms with Gasteiger partial charge in [-0.25, -0.2) is 0 Å². The summed E-state index contributed by atoms with van der Waals surface area (Å²) in [5.41, 5.74) is 1.03. The molecule has 0 aliphatic rings. The van der Waals surface area contributed by atoms with Crippen molar-refractivity contribution in [2.75, 3.05) is 0 Å². The van der Waals surface area contributed by atoms with E-state index in [9.17, 15) is 0 Å². The molecule has 0 saturated heterocycles. The molecule has 0 heterocycles. The van der Waals surface area contributed by atoms with Crippen LogP contribution in [-0.4, -0.2) is 16.3 Å². The average molecular weight is 178 g/mol. The highest BCUT2D eigenvalue weighted by atomic mass is 16.3. The molecule has 0 saturated carbocycles. The molecular formula is C11H14O2. The fourth-order valence-corrected chi connectivity index (χ4v) is 0.986. The van der Waals surface area contributed by atoms with Gasteiger partial charge >= 0.3 is 0 Å². The molecular weight excluding hydrogens is 164 g/mol. The standard InChI is InChI=1S/C11H14O2/c1-9(12)3-2-4-10-5-7-11(13)8-6-10/h2,4-9,12-13H,3H2,1H3/b4-2+. The van der Waals surface area contributed by atoms with Gasteiger partial charge in [0.05, 0.1) is 6.10 Å². The van der Waals surface area contributed by atoms with Gasteiger partial charge in [0.2, 0.25) is 0 Å². The Morgan fingerprint density at radius 1 is 1.31 bits per heavy atom. The summed E-state index contributed by atoms with van der Waals surface area (Å²) in [6.45, 7) is 1.75. The Bertz CT molecular complexity index is 273. The molecule has 2 heteroatoms. The van der Waals surface area contributed by atoms with Gasteiger partial charge in [0.25, 0.3) is 0 Å². The van der Waals surface area contributed by atoms with Gasteiger partial charge in [-0.2, -0.15) is 0 Å². The third kappa shape index (κ3) is 3.76. The van der Waals surface area contributed by atoms with Gasteiger partial charge in [0, 0.05) is 0 Å². The molecule has 1 aromatic rings. The first kappa shape index (κ1) is 9.81. The normalized spacial score (nSPS) is 13.4. The lowest BCUT2D eigenvalue weighted by Gasteiger charge is -1.97. The van der Waals surface area contributed by atoms with Crippen LogP contribution in [0.2, 0.25) is 0 Å². The lowest BCUT2D eigenvalue weighted by Crippen LogP contribution is -1.94. The zero-order valence-electron chi connectivity index (χ0n) is 7.64. The number of aromatic hydroxyl groups is 1. The highest BCUT2D eigenvalue weighted by Gasteiger charge is 1.90. The van der Waals surface area contributed by atoms with Gasteiger partial charge < -0.3 is 10.2 Å². The maximum atomic E-state index is 9.01. The SMILES string of the molecule is CC(O)C/C=C/c1ccc(O)cc1. The van der Waals surface area contributed by atoms with Gasteiger partial charge in [-0.15, -0.1) is 0 Å². The Morgan fingerprint density at radius 2 is 1.92 bits per heavy atom. The molecule has 0 fully saturated rings. The predicted octanol–water partition coefficient (Wildman–Crippen LogP) is 2.18. The van der Waals surface area contributed by atoms with Crippen LogP contribution in [0.15, 0.2) is 30.3 Å². The molecule has 1 aromatic carbocycles. The van der Waals surface area contributed by atoms with E-state index < -0.39 is 0 Å². The molecule has 0 aliphatic heterocycles. The van der Waals surface area contributed by atoms with Crippen LogP contribution in [-0.2, 0) is 0 Å². The van der Waals surface area contributed by atoms with Crippen LogP contribution in [0.3, 0.4) is 0 Å². The van der Waals surface area contributed by atoms with Crippen LogP contribution in [0.5, 0.6) is 5.75 Å². The van der Waals surface area contributed by atoms with E-state index in [-0.39, 0.29) is 11.9 Å². The molecule has 2 nitrogen and oxygen atoms in total. The number of hydrogen-bond acceptors (Lipinski definition) is 2. The average Bonchev–Trinajstić information content (AvgIpc) is 2.08. The molecule has 1 rings (SSSR count). The quantitative estimate of drug-likeness (QED) is 0.744. The number of aliphatic hydroxyl groups is 1. The van der Waals surface area contributed by atoms with E-state index in [1.54, 1.807) is 19.1 Å². The van der Waals surface area contributed by atoms with Crippen molar-refractivity contribution < 1.29 is 10.2 Å². The molecule has 1 unspecified atom stereocenters. The zero-order valence-corrected chi connectivity index (χ0v) is 7.64. The molecule has 2 N–H and O–H groups in total. The number of aliphatic hydroxyl groups excluding tert-OH is 1. The second-order valence-corrected chi connectivity index (χ2v) is 3.08. The second kappa shape index (κ2) is 4.67. The molecule has 1 atom stereocenters. The van der Waals surface area contributed by atoms with Crippen molar-refractivity contribution in [3.8, 4) is 5.75 Å². The number of rotatable bonds is 3. The Hall–Kier alpha value is -1.28. The first-order chi connectivity index (χ1) is 6.18. The summed E-state index contributed by atoms with van der Waals surface area (Å²) in [4.78, 5) is 0. The molecule has 0 radical (unpaired) electrons. The summed E-state index contributed by atoms with van der Waals surface area (Å²) in [7, 11) is 0. The van der Waals surface area contributed by atoms with Crippen molar-refractivity contribution in [2.24, 2.45) is 0 Å². The minimum Gasteiger partial charge on any atom is -0.508 e. The minimum absolute atomic E-state index is 0.271. The van der Waals surface area contributed by atoms with E-state index >= 15 is 0 Å². The molecule has 0 spiro atoms. The molecule has 0 aromatic heterocycles. The van der Waals surface area contributed by atoms with E-state index in [4.69, 9.17) is 10.2 Å². The Kier molecular flexibility index (Phi) is 3.53. The molecule has 0 amide bonds. The summed E-state index contributed by atoms with van der Waals surface area (Å²) in [6.07, 6.45) is 4.19. The van der Waals surface area contributed by atoms with E-state index in [1.165, 1.54) is 0 Å². The van der Waals surface area contributed by atoms with Crippen molar-refractivity contribution in [3.63, 3.8) is 0 Å². The second-order valence-electron chi connectivity index (χ2n) is 3.08. The number of phenolic OH excluding ortho intramolecular Hbond substituents is 1. The molecule has 13 heavy (non-hydrogen) atoms. The van der Waals surface area contributed by atoms with Gasteiger partial charge in [-0.3, -0.25) is 0 Å². The summed E-state index contributed by atoms with van der Waals surface area (Å²) < 4.78 is 0. The van der Waals surface area contributed by atoms with Crippen molar-refractivity contribution >= 4 is 6.08 Å². The van der Waals surface area contributed by atoms with Crippen LogP contribution in [0, 0.1) is 0 Å².